The van der Waals surface area contributed by atoms with E-state index >= 15 is 0 Å². The summed E-state index contributed by atoms with van der Waals surface area (Å²) in [5.41, 5.74) is 0.669. The molecule has 9 nitrogen and oxygen atoms in total. The average Bonchev–Trinajstić information content (AvgIpc) is 2.76. The summed E-state index contributed by atoms with van der Waals surface area (Å²) < 4.78 is 0.852. The lowest BCUT2D eigenvalue weighted by atomic mass is 10.1. The summed E-state index contributed by atoms with van der Waals surface area (Å²) in [5, 5.41) is 3.00. The zero-order valence-corrected chi connectivity index (χ0v) is 16.6. The fourth-order valence-electron chi connectivity index (χ4n) is 3.26. The molecule has 0 radical (unpaired) electrons. The molecule has 0 saturated heterocycles. The molecule has 1 amide bonds. The van der Waals surface area contributed by atoms with Crippen LogP contribution in [0.4, 0.5) is 5.69 Å². The Bertz CT molecular complexity index is 1470. The van der Waals surface area contributed by atoms with Gasteiger partial charge in [0.1, 0.15) is 12.4 Å². The highest BCUT2D eigenvalue weighted by molar-refractivity contribution is 5.91. The van der Waals surface area contributed by atoms with Gasteiger partial charge in [-0.1, -0.05) is 31.2 Å². The maximum absolute atomic E-state index is 12.6. The largest absolute Gasteiger partial charge is 0.329 e. The van der Waals surface area contributed by atoms with Crippen molar-refractivity contribution in [3.63, 3.8) is 0 Å². The first-order valence-corrected chi connectivity index (χ1v) is 9.67. The van der Waals surface area contributed by atoms with E-state index in [0.29, 0.717) is 40.1 Å². The maximum Gasteiger partial charge on any atom is 0.329 e. The Labute approximate surface area is 175 Å². The fraction of sp³-hybridized carbons (Fsp3) is 0.136. The molecule has 2 heterocycles. The van der Waals surface area contributed by atoms with Crippen LogP contribution in [-0.2, 0) is 17.8 Å². The Morgan fingerprint density at radius 2 is 1.84 bits per heavy atom. The number of rotatable bonds is 5. The minimum atomic E-state index is -0.661. The third-order valence-electron chi connectivity index (χ3n) is 4.77. The second kappa shape index (κ2) is 8.23. The van der Waals surface area contributed by atoms with Crippen LogP contribution < -0.4 is 22.1 Å². The molecule has 2 aromatic heterocycles. The Kier molecular flexibility index (Phi) is 5.31. The Hall–Kier alpha value is -4.27. The molecule has 9 heteroatoms. The number of carbonyl (C=O) groups excluding carboxylic acids is 1. The van der Waals surface area contributed by atoms with E-state index in [1.807, 2.05) is 6.92 Å². The molecular weight excluding hydrogens is 398 g/mol. The molecule has 4 aromatic rings. The summed E-state index contributed by atoms with van der Waals surface area (Å²) in [6.07, 6.45) is 0.613. The third-order valence-corrected chi connectivity index (χ3v) is 4.77. The Balaban J connectivity index is 1.59. The molecule has 0 saturated carbocycles. The number of nitrogens with one attached hydrogen (secondary N) is 3. The molecule has 2 aromatic carbocycles. The number of benzene rings is 2. The van der Waals surface area contributed by atoms with Gasteiger partial charge in [0.25, 0.3) is 11.1 Å². The number of nitrogens with zero attached hydrogens (tertiary/aromatic N) is 2. The van der Waals surface area contributed by atoms with Crippen molar-refractivity contribution >= 4 is 22.5 Å². The highest BCUT2D eigenvalue weighted by Gasteiger charge is 2.12. The molecular formula is C22H19N5O4. The normalized spacial score (nSPS) is 10.9. The predicted molar refractivity (Wildman–Crippen MR) is 117 cm³/mol. The molecule has 156 valence electrons. The van der Waals surface area contributed by atoms with Crippen molar-refractivity contribution in [2.45, 2.75) is 19.9 Å². The number of anilines is 1. The molecule has 31 heavy (non-hydrogen) atoms. The van der Waals surface area contributed by atoms with Crippen LogP contribution in [0.5, 0.6) is 0 Å². The molecule has 0 unspecified atom stereocenters. The van der Waals surface area contributed by atoms with Crippen LogP contribution in [0.2, 0.25) is 0 Å². The van der Waals surface area contributed by atoms with E-state index < -0.39 is 23.7 Å². The van der Waals surface area contributed by atoms with Gasteiger partial charge in [0.05, 0.1) is 10.9 Å². The summed E-state index contributed by atoms with van der Waals surface area (Å²) in [5.74, 6) is -0.147. The number of aromatic amines is 2. The maximum atomic E-state index is 12.6. The van der Waals surface area contributed by atoms with Gasteiger partial charge in [-0.25, -0.2) is 9.78 Å². The monoisotopic (exact) mass is 417 g/mol. The summed E-state index contributed by atoms with van der Waals surface area (Å²) in [7, 11) is 0. The van der Waals surface area contributed by atoms with Gasteiger partial charge in [-0.3, -0.25) is 19.0 Å². The van der Waals surface area contributed by atoms with Gasteiger partial charge in [0, 0.05) is 23.0 Å². The SMILES string of the molecule is CCc1cc(=O)[nH]c(-c2cccc(NC(=O)Cn3c(=O)[nH]c4ccccc4c3=O)c2)n1. The lowest BCUT2D eigenvalue weighted by Gasteiger charge is -2.09. The zero-order chi connectivity index (χ0) is 22.0. The van der Waals surface area contributed by atoms with Crippen LogP contribution in [0.3, 0.4) is 0 Å². The number of amides is 1. The van der Waals surface area contributed by atoms with E-state index in [9.17, 15) is 19.2 Å². The van der Waals surface area contributed by atoms with Crippen LogP contribution in [0.25, 0.3) is 22.3 Å². The van der Waals surface area contributed by atoms with E-state index in [4.69, 9.17) is 0 Å². The van der Waals surface area contributed by atoms with Crippen molar-refractivity contribution in [3.05, 3.63) is 91.5 Å². The van der Waals surface area contributed by atoms with Crippen molar-refractivity contribution in [2.24, 2.45) is 0 Å². The minimum absolute atomic E-state index is 0.258. The summed E-state index contributed by atoms with van der Waals surface area (Å²) in [4.78, 5) is 58.9. The van der Waals surface area contributed by atoms with Crippen molar-refractivity contribution in [3.8, 4) is 11.4 Å². The number of H-pyrrole nitrogens is 2. The average molecular weight is 417 g/mol. The fourth-order valence-corrected chi connectivity index (χ4v) is 3.26. The lowest BCUT2D eigenvalue weighted by Crippen LogP contribution is -2.38. The second-order valence-corrected chi connectivity index (χ2v) is 6.93. The van der Waals surface area contributed by atoms with Crippen molar-refractivity contribution in [1.29, 1.82) is 0 Å². The van der Waals surface area contributed by atoms with Crippen LogP contribution in [0.15, 0.2) is 69.0 Å². The highest BCUT2D eigenvalue weighted by Crippen LogP contribution is 2.19. The van der Waals surface area contributed by atoms with Crippen molar-refractivity contribution in [1.82, 2.24) is 19.5 Å². The van der Waals surface area contributed by atoms with E-state index in [-0.39, 0.29) is 5.56 Å². The molecule has 0 atom stereocenters. The predicted octanol–water partition coefficient (Wildman–Crippen LogP) is 1.64. The van der Waals surface area contributed by atoms with E-state index in [1.54, 1.807) is 48.5 Å². The first-order valence-electron chi connectivity index (χ1n) is 9.67. The molecule has 0 aliphatic rings. The summed E-state index contributed by atoms with van der Waals surface area (Å²) in [6.45, 7) is 1.46. The first-order chi connectivity index (χ1) is 14.9. The van der Waals surface area contributed by atoms with Gasteiger partial charge in [-0.15, -0.1) is 0 Å². The van der Waals surface area contributed by atoms with Crippen LogP contribution in [0, 0.1) is 0 Å². The number of aryl methyl sites for hydroxylation is 1. The van der Waals surface area contributed by atoms with E-state index in [0.717, 1.165) is 4.57 Å². The Morgan fingerprint density at radius 1 is 1.03 bits per heavy atom. The number of aromatic nitrogens is 4. The van der Waals surface area contributed by atoms with Crippen molar-refractivity contribution in [2.75, 3.05) is 5.32 Å². The standard InChI is InChI=1S/C22H19N5O4/c1-2-14-11-18(28)26-20(24-14)13-6-5-7-15(10-13)23-19(29)12-27-21(30)16-8-3-4-9-17(16)25-22(27)31/h3-11H,2,12H2,1H3,(H,23,29)(H,25,31)(H,24,26,28). The molecule has 0 bridgehead atoms. The van der Waals surface area contributed by atoms with Crippen LogP contribution in [0.1, 0.15) is 12.6 Å². The molecule has 3 N–H and O–H groups in total. The van der Waals surface area contributed by atoms with E-state index in [1.165, 1.54) is 6.07 Å². The van der Waals surface area contributed by atoms with Gasteiger partial charge < -0.3 is 15.3 Å². The second-order valence-electron chi connectivity index (χ2n) is 6.93. The molecule has 0 fully saturated rings. The zero-order valence-electron chi connectivity index (χ0n) is 16.6. The molecule has 0 aliphatic carbocycles. The Morgan fingerprint density at radius 3 is 2.65 bits per heavy atom. The number of hydrogen-bond acceptors (Lipinski definition) is 5. The van der Waals surface area contributed by atoms with E-state index in [2.05, 4.69) is 20.3 Å². The number of hydrogen-bond donors (Lipinski definition) is 3. The van der Waals surface area contributed by atoms with Crippen molar-refractivity contribution < 1.29 is 4.79 Å². The highest BCUT2D eigenvalue weighted by atomic mass is 16.2. The first kappa shape index (κ1) is 20.0. The lowest BCUT2D eigenvalue weighted by molar-refractivity contribution is -0.116. The quantitative estimate of drug-likeness (QED) is 0.455. The molecule has 0 spiro atoms. The topological polar surface area (TPSA) is 130 Å². The smallest absolute Gasteiger partial charge is 0.325 e. The van der Waals surface area contributed by atoms with Gasteiger partial charge in [-0.05, 0) is 30.7 Å². The summed E-state index contributed by atoms with van der Waals surface area (Å²) in [6, 6.07) is 14.8. The van der Waals surface area contributed by atoms with Gasteiger partial charge in [0.15, 0.2) is 0 Å². The van der Waals surface area contributed by atoms with Gasteiger partial charge in [-0.2, -0.15) is 0 Å². The van der Waals surface area contributed by atoms with Crippen LogP contribution in [-0.4, -0.2) is 25.4 Å². The van der Waals surface area contributed by atoms with Gasteiger partial charge >= 0.3 is 5.69 Å². The number of para-hydroxylation sites is 1. The number of fused-ring (bicyclic) bond motifs is 1. The minimum Gasteiger partial charge on any atom is -0.325 e. The summed E-state index contributed by atoms with van der Waals surface area (Å²) >= 11 is 0. The molecule has 0 aliphatic heterocycles. The third kappa shape index (κ3) is 4.20. The van der Waals surface area contributed by atoms with Crippen LogP contribution >= 0.6 is 0 Å². The van der Waals surface area contributed by atoms with Gasteiger partial charge in [0.2, 0.25) is 5.91 Å². The number of carbonyl (C=O) groups is 1. The molecule has 4 rings (SSSR count).